The van der Waals surface area contributed by atoms with E-state index in [-0.39, 0.29) is 0 Å². The third-order valence-electron chi connectivity index (χ3n) is 2.26. The molecule has 0 saturated heterocycles. The summed E-state index contributed by atoms with van der Waals surface area (Å²) in [6.45, 7) is 3.29. The first-order valence-electron chi connectivity index (χ1n) is 5.13. The smallest absolute Gasteiger partial charge is 0.0224 e. The van der Waals surface area contributed by atoms with Crippen LogP contribution in [0.1, 0.15) is 25.3 Å². The fourth-order valence-corrected chi connectivity index (χ4v) is 2.24. The third-order valence-corrected chi connectivity index (χ3v) is 3.26. The molecular formula is C11H18ClNS. The molecule has 0 aliphatic carbocycles. The van der Waals surface area contributed by atoms with E-state index in [0.29, 0.717) is 6.04 Å². The maximum atomic E-state index is 5.63. The van der Waals surface area contributed by atoms with Gasteiger partial charge in [0.25, 0.3) is 0 Å². The second-order valence-corrected chi connectivity index (χ2v) is 4.73. The maximum absolute atomic E-state index is 5.63. The summed E-state index contributed by atoms with van der Waals surface area (Å²) in [5, 5.41) is 7.85. The van der Waals surface area contributed by atoms with E-state index < -0.39 is 0 Å². The van der Waals surface area contributed by atoms with E-state index >= 15 is 0 Å². The van der Waals surface area contributed by atoms with Crippen molar-refractivity contribution >= 4 is 22.9 Å². The zero-order valence-corrected chi connectivity index (χ0v) is 10.2. The normalized spacial score (nSPS) is 13.0. The molecule has 1 heterocycles. The molecule has 0 spiro atoms. The van der Waals surface area contributed by atoms with E-state index in [1.165, 1.54) is 12.0 Å². The van der Waals surface area contributed by atoms with Crippen LogP contribution in [-0.2, 0) is 6.42 Å². The van der Waals surface area contributed by atoms with Crippen LogP contribution < -0.4 is 5.32 Å². The Morgan fingerprint density at radius 3 is 3.07 bits per heavy atom. The Hall–Kier alpha value is -0.0500. The van der Waals surface area contributed by atoms with Crippen molar-refractivity contribution in [3.63, 3.8) is 0 Å². The summed E-state index contributed by atoms with van der Waals surface area (Å²) in [7, 11) is 0. The predicted octanol–water partition coefficient (Wildman–Crippen LogP) is 3.29. The highest BCUT2D eigenvalue weighted by Gasteiger charge is 2.00. The van der Waals surface area contributed by atoms with Gasteiger partial charge in [-0.15, -0.1) is 11.6 Å². The molecule has 1 rings (SSSR count). The average Bonchev–Trinajstić information content (AvgIpc) is 2.67. The Balaban J connectivity index is 2.03. The number of nitrogens with one attached hydrogen (secondary N) is 1. The van der Waals surface area contributed by atoms with Crippen LogP contribution in [0.5, 0.6) is 0 Å². The van der Waals surface area contributed by atoms with Gasteiger partial charge in [-0.3, -0.25) is 0 Å². The van der Waals surface area contributed by atoms with Crippen molar-refractivity contribution in [1.29, 1.82) is 0 Å². The van der Waals surface area contributed by atoms with Crippen LogP contribution in [0.2, 0.25) is 0 Å². The number of alkyl halides is 1. The number of thiophene rings is 1. The largest absolute Gasteiger partial charge is 0.314 e. The molecule has 0 aliphatic heterocycles. The Kier molecular flexibility index (Phi) is 6.24. The van der Waals surface area contributed by atoms with E-state index in [9.17, 15) is 0 Å². The molecule has 1 atom stereocenters. The molecule has 0 aromatic carbocycles. The maximum Gasteiger partial charge on any atom is 0.0224 e. The highest BCUT2D eigenvalue weighted by Crippen LogP contribution is 2.06. The summed E-state index contributed by atoms with van der Waals surface area (Å²) < 4.78 is 0. The Bertz CT molecular complexity index is 223. The van der Waals surface area contributed by atoms with Gasteiger partial charge in [0.1, 0.15) is 0 Å². The highest BCUT2D eigenvalue weighted by atomic mass is 35.5. The van der Waals surface area contributed by atoms with Crippen molar-refractivity contribution < 1.29 is 0 Å². The van der Waals surface area contributed by atoms with Gasteiger partial charge in [0, 0.05) is 11.9 Å². The zero-order chi connectivity index (χ0) is 10.2. The van der Waals surface area contributed by atoms with Crippen molar-refractivity contribution in [3.05, 3.63) is 22.4 Å². The minimum Gasteiger partial charge on any atom is -0.314 e. The van der Waals surface area contributed by atoms with E-state index in [2.05, 4.69) is 29.1 Å². The number of halogens is 1. The molecule has 14 heavy (non-hydrogen) atoms. The van der Waals surface area contributed by atoms with Crippen molar-refractivity contribution in [2.75, 3.05) is 12.4 Å². The molecule has 0 radical (unpaired) electrons. The summed E-state index contributed by atoms with van der Waals surface area (Å²) in [6, 6.07) is 2.78. The monoisotopic (exact) mass is 231 g/mol. The first kappa shape index (κ1) is 12.0. The molecule has 0 saturated carbocycles. The SMILES string of the molecule is CC(CCCCl)NCCc1ccsc1. The van der Waals surface area contributed by atoms with Gasteiger partial charge in [-0.05, 0) is 55.1 Å². The molecule has 0 aliphatic rings. The lowest BCUT2D eigenvalue weighted by Gasteiger charge is -2.12. The highest BCUT2D eigenvalue weighted by molar-refractivity contribution is 7.07. The van der Waals surface area contributed by atoms with Crippen molar-refractivity contribution in [1.82, 2.24) is 5.32 Å². The summed E-state index contributed by atoms with van der Waals surface area (Å²) in [4.78, 5) is 0. The van der Waals surface area contributed by atoms with E-state index in [1.54, 1.807) is 11.3 Å². The quantitative estimate of drug-likeness (QED) is 0.711. The summed E-state index contributed by atoms with van der Waals surface area (Å²) in [5.74, 6) is 0.774. The fraction of sp³-hybridized carbons (Fsp3) is 0.636. The third kappa shape index (κ3) is 4.99. The van der Waals surface area contributed by atoms with Gasteiger partial charge in [0.2, 0.25) is 0 Å². The molecule has 1 aromatic heterocycles. The molecule has 3 heteroatoms. The van der Waals surface area contributed by atoms with Crippen LogP contribution >= 0.6 is 22.9 Å². The topological polar surface area (TPSA) is 12.0 Å². The second-order valence-electron chi connectivity index (χ2n) is 3.57. The first-order valence-corrected chi connectivity index (χ1v) is 6.61. The van der Waals surface area contributed by atoms with Crippen molar-refractivity contribution in [3.8, 4) is 0 Å². The zero-order valence-electron chi connectivity index (χ0n) is 8.63. The molecular weight excluding hydrogens is 214 g/mol. The molecule has 1 N–H and O–H groups in total. The van der Waals surface area contributed by atoms with Crippen LogP contribution in [0.25, 0.3) is 0 Å². The predicted molar refractivity (Wildman–Crippen MR) is 65.4 cm³/mol. The first-order chi connectivity index (χ1) is 6.83. The van der Waals surface area contributed by atoms with Crippen molar-refractivity contribution in [2.45, 2.75) is 32.2 Å². The number of hydrogen-bond acceptors (Lipinski definition) is 2. The lowest BCUT2D eigenvalue weighted by atomic mass is 10.2. The molecule has 1 unspecified atom stereocenters. The van der Waals surface area contributed by atoms with Crippen LogP contribution in [-0.4, -0.2) is 18.5 Å². The minimum atomic E-state index is 0.590. The van der Waals surface area contributed by atoms with E-state index in [0.717, 1.165) is 25.3 Å². The van der Waals surface area contributed by atoms with Crippen LogP contribution in [0.4, 0.5) is 0 Å². The van der Waals surface area contributed by atoms with Gasteiger partial charge in [-0.25, -0.2) is 0 Å². The number of rotatable bonds is 7. The average molecular weight is 232 g/mol. The van der Waals surface area contributed by atoms with Crippen molar-refractivity contribution in [2.24, 2.45) is 0 Å². The summed E-state index contributed by atoms with van der Waals surface area (Å²) in [5.41, 5.74) is 1.44. The van der Waals surface area contributed by atoms with Gasteiger partial charge in [0.15, 0.2) is 0 Å². The second kappa shape index (κ2) is 7.27. The molecule has 1 aromatic rings. The van der Waals surface area contributed by atoms with Gasteiger partial charge in [-0.1, -0.05) is 0 Å². The Labute approximate surface area is 95.5 Å². The molecule has 1 nitrogen and oxygen atoms in total. The molecule has 0 bridgehead atoms. The van der Waals surface area contributed by atoms with Gasteiger partial charge >= 0.3 is 0 Å². The van der Waals surface area contributed by atoms with Crippen LogP contribution in [0, 0.1) is 0 Å². The standard InChI is InChI=1S/C11H18ClNS/c1-10(3-2-6-12)13-7-4-11-5-8-14-9-11/h5,8-10,13H,2-4,6-7H2,1H3. The number of hydrogen-bond donors (Lipinski definition) is 1. The van der Waals surface area contributed by atoms with Crippen LogP contribution in [0.3, 0.4) is 0 Å². The molecule has 80 valence electrons. The van der Waals surface area contributed by atoms with Gasteiger partial charge in [-0.2, -0.15) is 11.3 Å². The van der Waals surface area contributed by atoms with Crippen LogP contribution in [0.15, 0.2) is 16.8 Å². The van der Waals surface area contributed by atoms with E-state index in [4.69, 9.17) is 11.6 Å². The van der Waals surface area contributed by atoms with Gasteiger partial charge in [0.05, 0.1) is 0 Å². The Morgan fingerprint density at radius 2 is 2.43 bits per heavy atom. The Morgan fingerprint density at radius 1 is 1.57 bits per heavy atom. The lowest BCUT2D eigenvalue weighted by Crippen LogP contribution is -2.28. The minimum absolute atomic E-state index is 0.590. The summed E-state index contributed by atoms with van der Waals surface area (Å²) in [6.07, 6.45) is 3.41. The van der Waals surface area contributed by atoms with Gasteiger partial charge < -0.3 is 5.32 Å². The fourth-order valence-electron chi connectivity index (χ4n) is 1.38. The molecule has 0 fully saturated rings. The summed E-state index contributed by atoms with van der Waals surface area (Å²) >= 11 is 7.40. The molecule has 0 amide bonds. The van der Waals surface area contributed by atoms with E-state index in [1.807, 2.05) is 0 Å². The lowest BCUT2D eigenvalue weighted by molar-refractivity contribution is 0.513.